The van der Waals surface area contributed by atoms with Gasteiger partial charge in [0.05, 0.1) is 11.7 Å². The van der Waals surface area contributed by atoms with Crippen molar-refractivity contribution in [2.75, 3.05) is 6.54 Å². The maximum atomic E-state index is 8.74. The molecule has 4 nitrogen and oxygen atoms in total. The van der Waals surface area contributed by atoms with Gasteiger partial charge < -0.3 is 5.32 Å². The number of aryl methyl sites for hydroxylation is 1. The van der Waals surface area contributed by atoms with E-state index >= 15 is 0 Å². The third kappa shape index (κ3) is 1.89. The lowest BCUT2D eigenvalue weighted by molar-refractivity contribution is 0.606. The topological polar surface area (TPSA) is 53.6 Å². The van der Waals surface area contributed by atoms with Crippen LogP contribution in [0.15, 0.2) is 6.07 Å². The van der Waals surface area contributed by atoms with Gasteiger partial charge in [-0.05, 0) is 25.5 Å². The van der Waals surface area contributed by atoms with Crippen molar-refractivity contribution in [2.45, 2.75) is 18.9 Å². The molecule has 1 aliphatic heterocycles. The lowest BCUT2D eigenvalue weighted by Gasteiger charge is -2.04. The number of hydrogen-bond donors (Lipinski definition) is 1. The van der Waals surface area contributed by atoms with Crippen LogP contribution in [0.1, 0.15) is 30.3 Å². The SMILES string of the molecule is Cl.Cn1nc([C@H]2CCCN2)cc1C#N. The highest BCUT2D eigenvalue weighted by Crippen LogP contribution is 2.21. The minimum atomic E-state index is 0. The van der Waals surface area contributed by atoms with E-state index in [1.807, 2.05) is 6.07 Å². The maximum absolute atomic E-state index is 8.74. The van der Waals surface area contributed by atoms with Crippen LogP contribution < -0.4 is 5.32 Å². The fourth-order valence-corrected chi connectivity index (χ4v) is 1.70. The third-order valence-electron chi connectivity index (χ3n) is 2.43. The zero-order valence-electron chi connectivity index (χ0n) is 8.03. The molecule has 2 rings (SSSR count). The Bertz CT molecular complexity index is 346. The number of nitrogens with zero attached hydrogens (tertiary/aromatic N) is 3. The zero-order chi connectivity index (χ0) is 9.26. The standard InChI is InChI=1S/C9H12N4.ClH/c1-13-7(6-10)5-9(12-13)8-3-2-4-11-8;/h5,8,11H,2-4H2,1H3;1H/t8-;/m1./s1. The fourth-order valence-electron chi connectivity index (χ4n) is 1.70. The van der Waals surface area contributed by atoms with Crippen molar-refractivity contribution in [3.05, 3.63) is 17.5 Å². The molecule has 1 aromatic heterocycles. The highest BCUT2D eigenvalue weighted by atomic mass is 35.5. The van der Waals surface area contributed by atoms with Gasteiger partial charge in [0.25, 0.3) is 0 Å². The number of hydrogen-bond acceptors (Lipinski definition) is 3. The number of nitrogens with one attached hydrogen (secondary N) is 1. The van der Waals surface area contributed by atoms with Crippen molar-refractivity contribution in [2.24, 2.45) is 7.05 Å². The maximum Gasteiger partial charge on any atom is 0.138 e. The molecular weight excluding hydrogens is 200 g/mol. The summed E-state index contributed by atoms with van der Waals surface area (Å²) in [5, 5.41) is 16.4. The van der Waals surface area contributed by atoms with Crippen molar-refractivity contribution >= 4 is 12.4 Å². The predicted molar refractivity (Wildman–Crippen MR) is 55.1 cm³/mol. The van der Waals surface area contributed by atoms with Crippen molar-refractivity contribution in [3.8, 4) is 6.07 Å². The quantitative estimate of drug-likeness (QED) is 0.760. The molecule has 0 aliphatic carbocycles. The van der Waals surface area contributed by atoms with E-state index in [0.717, 1.165) is 18.7 Å². The molecule has 0 bridgehead atoms. The molecule has 1 aliphatic rings. The van der Waals surface area contributed by atoms with E-state index in [1.165, 1.54) is 6.42 Å². The van der Waals surface area contributed by atoms with Crippen molar-refractivity contribution < 1.29 is 0 Å². The molecule has 0 aromatic carbocycles. The van der Waals surface area contributed by atoms with Gasteiger partial charge in [0.15, 0.2) is 0 Å². The first kappa shape index (κ1) is 11.0. The molecule has 0 radical (unpaired) electrons. The fraction of sp³-hybridized carbons (Fsp3) is 0.556. The van der Waals surface area contributed by atoms with Crippen LogP contribution in [0.25, 0.3) is 0 Å². The highest BCUT2D eigenvalue weighted by Gasteiger charge is 2.19. The Morgan fingerprint density at radius 3 is 3.00 bits per heavy atom. The van der Waals surface area contributed by atoms with E-state index in [-0.39, 0.29) is 12.4 Å². The van der Waals surface area contributed by atoms with Crippen LogP contribution in [-0.4, -0.2) is 16.3 Å². The third-order valence-corrected chi connectivity index (χ3v) is 2.43. The van der Waals surface area contributed by atoms with Crippen LogP contribution in [-0.2, 0) is 7.05 Å². The van der Waals surface area contributed by atoms with Crippen LogP contribution in [0.5, 0.6) is 0 Å². The second-order valence-electron chi connectivity index (χ2n) is 3.34. The summed E-state index contributed by atoms with van der Waals surface area (Å²) in [6.07, 6.45) is 2.32. The second-order valence-corrected chi connectivity index (χ2v) is 3.34. The summed E-state index contributed by atoms with van der Waals surface area (Å²) in [6.45, 7) is 1.06. The van der Waals surface area contributed by atoms with Gasteiger partial charge >= 0.3 is 0 Å². The first-order valence-corrected chi connectivity index (χ1v) is 4.48. The predicted octanol–water partition coefficient (Wildman–Crippen LogP) is 1.14. The summed E-state index contributed by atoms with van der Waals surface area (Å²) >= 11 is 0. The highest BCUT2D eigenvalue weighted by molar-refractivity contribution is 5.85. The van der Waals surface area contributed by atoms with Crippen molar-refractivity contribution in [1.29, 1.82) is 5.26 Å². The Hall–Kier alpha value is -1.05. The minimum absolute atomic E-state index is 0. The molecule has 1 N–H and O–H groups in total. The van der Waals surface area contributed by atoms with Crippen molar-refractivity contribution in [1.82, 2.24) is 15.1 Å². The Balaban J connectivity index is 0.000000980. The number of aromatic nitrogens is 2. The molecule has 0 saturated carbocycles. The van der Waals surface area contributed by atoms with Gasteiger partial charge in [-0.25, -0.2) is 0 Å². The summed E-state index contributed by atoms with van der Waals surface area (Å²) in [6, 6.07) is 4.33. The summed E-state index contributed by atoms with van der Waals surface area (Å²) in [4.78, 5) is 0. The second kappa shape index (κ2) is 4.45. The van der Waals surface area contributed by atoms with Crippen LogP contribution in [0.4, 0.5) is 0 Å². The van der Waals surface area contributed by atoms with Gasteiger partial charge in [-0.2, -0.15) is 10.4 Å². The number of rotatable bonds is 1. The van der Waals surface area contributed by atoms with E-state index < -0.39 is 0 Å². The van der Waals surface area contributed by atoms with E-state index in [2.05, 4.69) is 16.5 Å². The first-order chi connectivity index (χ1) is 6.31. The van der Waals surface area contributed by atoms with E-state index in [1.54, 1.807) is 11.7 Å². The summed E-state index contributed by atoms with van der Waals surface area (Å²) in [7, 11) is 1.80. The Morgan fingerprint density at radius 1 is 1.71 bits per heavy atom. The average Bonchev–Trinajstić information content (AvgIpc) is 2.71. The summed E-state index contributed by atoms with van der Waals surface area (Å²) in [5.41, 5.74) is 1.63. The summed E-state index contributed by atoms with van der Waals surface area (Å²) in [5.74, 6) is 0. The monoisotopic (exact) mass is 212 g/mol. The Kier molecular flexibility index (Phi) is 3.50. The van der Waals surface area contributed by atoms with Crippen LogP contribution in [0.2, 0.25) is 0 Å². The van der Waals surface area contributed by atoms with Gasteiger partial charge in [0.2, 0.25) is 0 Å². The van der Waals surface area contributed by atoms with Gasteiger partial charge in [0.1, 0.15) is 11.8 Å². The van der Waals surface area contributed by atoms with Crippen LogP contribution in [0, 0.1) is 11.3 Å². The van der Waals surface area contributed by atoms with Gasteiger partial charge in [0, 0.05) is 7.05 Å². The van der Waals surface area contributed by atoms with Gasteiger partial charge in [-0.1, -0.05) is 0 Å². The molecule has 14 heavy (non-hydrogen) atoms. The molecule has 2 heterocycles. The number of halogens is 1. The lowest BCUT2D eigenvalue weighted by atomic mass is 10.1. The smallest absolute Gasteiger partial charge is 0.138 e. The zero-order valence-corrected chi connectivity index (χ0v) is 8.84. The molecule has 0 amide bonds. The molecule has 1 saturated heterocycles. The van der Waals surface area contributed by atoms with Crippen LogP contribution in [0.3, 0.4) is 0 Å². The van der Waals surface area contributed by atoms with Crippen molar-refractivity contribution in [3.63, 3.8) is 0 Å². The molecule has 1 aromatic rings. The molecule has 1 atom stereocenters. The molecular formula is C9H13ClN4. The average molecular weight is 213 g/mol. The van der Waals surface area contributed by atoms with E-state index in [0.29, 0.717) is 11.7 Å². The molecule has 5 heteroatoms. The van der Waals surface area contributed by atoms with Gasteiger partial charge in [-0.15, -0.1) is 12.4 Å². The first-order valence-electron chi connectivity index (χ1n) is 4.48. The molecule has 1 fully saturated rings. The Labute approximate surface area is 89.3 Å². The Morgan fingerprint density at radius 2 is 2.50 bits per heavy atom. The lowest BCUT2D eigenvalue weighted by Crippen LogP contribution is -2.13. The minimum Gasteiger partial charge on any atom is -0.309 e. The van der Waals surface area contributed by atoms with E-state index in [4.69, 9.17) is 5.26 Å². The molecule has 76 valence electrons. The van der Waals surface area contributed by atoms with E-state index in [9.17, 15) is 0 Å². The normalized spacial score (nSPS) is 20.1. The van der Waals surface area contributed by atoms with Gasteiger partial charge in [-0.3, -0.25) is 4.68 Å². The summed E-state index contributed by atoms with van der Waals surface area (Å²) < 4.78 is 1.63. The van der Waals surface area contributed by atoms with Crippen LogP contribution >= 0.6 is 12.4 Å². The largest absolute Gasteiger partial charge is 0.309 e. The number of nitriles is 1. The molecule has 0 spiro atoms. The molecule has 0 unspecified atom stereocenters.